The molecule has 42 heavy (non-hydrogen) atoms. The zero-order valence-electron chi connectivity index (χ0n) is 24.6. The van der Waals surface area contributed by atoms with Gasteiger partial charge in [0.1, 0.15) is 23.9 Å². The predicted octanol–water partition coefficient (Wildman–Crippen LogP) is 8.15. The lowest BCUT2D eigenvalue weighted by Crippen LogP contribution is -2.29. The average Bonchev–Trinajstić information content (AvgIpc) is 3.32. The van der Waals surface area contributed by atoms with Gasteiger partial charge in [-0.3, -0.25) is 4.90 Å². The molecule has 5 rings (SSSR count). The van der Waals surface area contributed by atoms with Crippen LogP contribution in [-0.2, 0) is 0 Å². The molecule has 0 aliphatic carbocycles. The second-order valence-corrected chi connectivity index (χ2v) is 10.6. The van der Waals surface area contributed by atoms with Crippen LogP contribution in [0.1, 0.15) is 59.7 Å². The molecule has 1 heterocycles. The van der Waals surface area contributed by atoms with Crippen LogP contribution in [0.4, 0.5) is 0 Å². The van der Waals surface area contributed by atoms with E-state index in [0.717, 1.165) is 45.9 Å². The molecule has 0 saturated carbocycles. The first-order valence-corrected chi connectivity index (χ1v) is 14.8. The van der Waals surface area contributed by atoms with Crippen LogP contribution < -0.4 is 14.2 Å². The summed E-state index contributed by atoms with van der Waals surface area (Å²) in [6.45, 7) is 6.13. The van der Waals surface area contributed by atoms with Crippen LogP contribution in [0.15, 0.2) is 103 Å². The number of methoxy groups -OCH3 is 1. The number of carbonyl (C=O) groups excluding carboxylic acids is 1. The molecule has 0 amide bonds. The van der Waals surface area contributed by atoms with Gasteiger partial charge in [-0.25, -0.2) is 4.79 Å². The first-order chi connectivity index (χ1) is 20.6. The van der Waals surface area contributed by atoms with E-state index in [9.17, 15) is 4.79 Å². The van der Waals surface area contributed by atoms with E-state index in [2.05, 4.69) is 48.2 Å². The largest absolute Gasteiger partial charge is 0.497 e. The maximum Gasteiger partial charge on any atom is 0.343 e. The smallest absolute Gasteiger partial charge is 0.343 e. The fourth-order valence-electron chi connectivity index (χ4n) is 5.39. The molecule has 216 valence electrons. The SMILES string of the molecule is COc1ccc(/C(C)=C(\c2ccc(OCCN3CCCCCC3)cc2)c2ccc(OC(=O)c3ccccc3)cc2)cc1. The third kappa shape index (κ3) is 7.68. The summed E-state index contributed by atoms with van der Waals surface area (Å²) in [5, 5.41) is 0. The van der Waals surface area contributed by atoms with E-state index in [-0.39, 0.29) is 5.97 Å². The second kappa shape index (κ2) is 14.5. The van der Waals surface area contributed by atoms with Crippen molar-refractivity contribution in [3.8, 4) is 17.2 Å². The lowest BCUT2D eigenvalue weighted by Gasteiger charge is -2.20. The topological polar surface area (TPSA) is 48.0 Å². The van der Waals surface area contributed by atoms with Crippen molar-refractivity contribution in [3.05, 3.63) is 125 Å². The minimum atomic E-state index is -0.375. The summed E-state index contributed by atoms with van der Waals surface area (Å²) in [5.41, 5.74) is 5.95. The Hall–Kier alpha value is -4.35. The van der Waals surface area contributed by atoms with Gasteiger partial charge in [-0.2, -0.15) is 0 Å². The molecule has 5 heteroatoms. The summed E-state index contributed by atoms with van der Waals surface area (Å²) in [4.78, 5) is 15.1. The van der Waals surface area contributed by atoms with E-state index in [1.54, 1.807) is 19.2 Å². The van der Waals surface area contributed by atoms with Crippen molar-refractivity contribution in [2.45, 2.75) is 32.6 Å². The summed E-state index contributed by atoms with van der Waals surface area (Å²) >= 11 is 0. The van der Waals surface area contributed by atoms with Crippen molar-refractivity contribution in [1.82, 2.24) is 4.90 Å². The molecule has 0 N–H and O–H groups in total. The Morgan fingerprint density at radius 3 is 1.79 bits per heavy atom. The zero-order chi connectivity index (χ0) is 29.1. The van der Waals surface area contributed by atoms with Gasteiger partial charge < -0.3 is 14.2 Å². The average molecular weight is 562 g/mol. The number of hydrogen-bond donors (Lipinski definition) is 0. The van der Waals surface area contributed by atoms with Gasteiger partial charge in [0.05, 0.1) is 12.7 Å². The monoisotopic (exact) mass is 561 g/mol. The molecule has 5 nitrogen and oxygen atoms in total. The number of allylic oxidation sites excluding steroid dienone is 1. The molecule has 1 aliphatic heterocycles. The number of nitrogens with zero attached hydrogens (tertiary/aromatic N) is 1. The van der Waals surface area contributed by atoms with E-state index in [1.165, 1.54) is 38.8 Å². The highest BCUT2D eigenvalue weighted by molar-refractivity contribution is 5.98. The van der Waals surface area contributed by atoms with Crippen LogP contribution in [0.2, 0.25) is 0 Å². The van der Waals surface area contributed by atoms with E-state index in [1.807, 2.05) is 54.6 Å². The zero-order valence-corrected chi connectivity index (χ0v) is 24.6. The highest BCUT2D eigenvalue weighted by Crippen LogP contribution is 2.34. The summed E-state index contributed by atoms with van der Waals surface area (Å²) in [7, 11) is 1.67. The quantitative estimate of drug-likeness (QED) is 0.111. The molecule has 4 aromatic rings. The van der Waals surface area contributed by atoms with Crippen LogP contribution in [0.3, 0.4) is 0 Å². The molecule has 1 fully saturated rings. The van der Waals surface area contributed by atoms with Gasteiger partial charge in [-0.1, -0.05) is 67.4 Å². The van der Waals surface area contributed by atoms with E-state index in [0.29, 0.717) is 17.9 Å². The molecule has 0 aromatic heterocycles. The third-order valence-corrected chi connectivity index (χ3v) is 7.78. The van der Waals surface area contributed by atoms with Crippen molar-refractivity contribution in [3.63, 3.8) is 0 Å². The lowest BCUT2D eigenvalue weighted by atomic mass is 9.90. The highest BCUT2D eigenvalue weighted by Gasteiger charge is 2.14. The van der Waals surface area contributed by atoms with Gasteiger partial charge in [0, 0.05) is 6.54 Å². The molecular formula is C37H39NO4. The highest BCUT2D eigenvalue weighted by atomic mass is 16.5. The summed E-state index contributed by atoms with van der Waals surface area (Å²) in [5.74, 6) is 1.82. The number of benzene rings is 4. The minimum absolute atomic E-state index is 0.375. The maximum atomic E-state index is 12.6. The van der Waals surface area contributed by atoms with Crippen LogP contribution in [0, 0.1) is 0 Å². The van der Waals surface area contributed by atoms with E-state index >= 15 is 0 Å². The Morgan fingerprint density at radius 1 is 0.643 bits per heavy atom. The molecule has 4 aromatic carbocycles. The van der Waals surface area contributed by atoms with Crippen molar-refractivity contribution >= 4 is 17.1 Å². The van der Waals surface area contributed by atoms with E-state index in [4.69, 9.17) is 14.2 Å². The number of hydrogen-bond acceptors (Lipinski definition) is 5. The Labute approximate surface area is 249 Å². The summed E-state index contributed by atoms with van der Waals surface area (Å²) in [6, 6.07) is 33.2. The van der Waals surface area contributed by atoms with Crippen molar-refractivity contribution in [1.29, 1.82) is 0 Å². The molecule has 1 saturated heterocycles. The van der Waals surface area contributed by atoms with Crippen LogP contribution in [-0.4, -0.2) is 44.2 Å². The predicted molar refractivity (Wildman–Crippen MR) is 169 cm³/mol. The van der Waals surface area contributed by atoms with Crippen LogP contribution in [0.5, 0.6) is 17.2 Å². The molecule has 0 atom stereocenters. The second-order valence-electron chi connectivity index (χ2n) is 10.6. The van der Waals surface area contributed by atoms with Gasteiger partial charge in [-0.15, -0.1) is 0 Å². The minimum Gasteiger partial charge on any atom is -0.497 e. The normalized spacial score (nSPS) is 14.4. The number of carbonyl (C=O) groups is 1. The third-order valence-electron chi connectivity index (χ3n) is 7.78. The molecular weight excluding hydrogens is 522 g/mol. The van der Waals surface area contributed by atoms with Gasteiger partial charge in [-0.05, 0) is 109 Å². The number of ether oxygens (including phenoxy) is 3. The first-order valence-electron chi connectivity index (χ1n) is 14.8. The summed E-state index contributed by atoms with van der Waals surface area (Å²) < 4.78 is 17.1. The van der Waals surface area contributed by atoms with Crippen LogP contribution in [0.25, 0.3) is 11.1 Å². The Bertz CT molecular complexity index is 1450. The van der Waals surface area contributed by atoms with Crippen molar-refractivity contribution in [2.75, 3.05) is 33.4 Å². The fraction of sp³-hybridized carbons (Fsp3) is 0.270. The molecule has 0 radical (unpaired) electrons. The molecule has 0 spiro atoms. The molecule has 0 bridgehead atoms. The first kappa shape index (κ1) is 29.2. The fourth-order valence-corrected chi connectivity index (χ4v) is 5.39. The van der Waals surface area contributed by atoms with Gasteiger partial charge in [0.15, 0.2) is 0 Å². The van der Waals surface area contributed by atoms with Crippen molar-refractivity contribution < 1.29 is 19.0 Å². The Kier molecular flexibility index (Phi) is 10.1. The van der Waals surface area contributed by atoms with Gasteiger partial charge in [0.2, 0.25) is 0 Å². The van der Waals surface area contributed by atoms with Crippen LogP contribution >= 0.6 is 0 Å². The van der Waals surface area contributed by atoms with Gasteiger partial charge in [0.25, 0.3) is 0 Å². The molecule has 0 unspecified atom stereocenters. The number of rotatable bonds is 10. The lowest BCUT2D eigenvalue weighted by molar-refractivity contribution is 0.0734. The standard InChI is InChI=1S/C37H39NO4/c1-28(29-12-18-33(40-2)19-13-29)36(31-16-22-35(23-17-31)42-37(39)32-10-6-5-7-11-32)30-14-20-34(21-15-30)41-27-26-38-24-8-3-4-9-25-38/h5-7,10-23H,3-4,8-9,24-27H2,1-2H3/b36-28+. The maximum absolute atomic E-state index is 12.6. The number of esters is 1. The molecule has 1 aliphatic rings. The Morgan fingerprint density at radius 2 is 1.19 bits per heavy atom. The number of likely N-dealkylation sites (tertiary alicyclic amines) is 1. The van der Waals surface area contributed by atoms with E-state index < -0.39 is 0 Å². The Balaban J connectivity index is 1.36. The summed E-state index contributed by atoms with van der Waals surface area (Å²) in [6.07, 6.45) is 5.25. The van der Waals surface area contributed by atoms with Gasteiger partial charge >= 0.3 is 5.97 Å². The van der Waals surface area contributed by atoms with Crippen molar-refractivity contribution in [2.24, 2.45) is 0 Å².